The maximum absolute atomic E-state index is 12.1. The van der Waals surface area contributed by atoms with Crippen LogP contribution in [-0.2, 0) is 0 Å². The van der Waals surface area contributed by atoms with Crippen LogP contribution < -0.4 is 10.6 Å². The minimum Gasteiger partial charge on any atom is -0.347 e. The Morgan fingerprint density at radius 2 is 1.00 bits per heavy atom. The zero-order valence-electron chi connectivity index (χ0n) is 12.2. The van der Waals surface area contributed by atoms with Crippen LogP contribution in [0.4, 0.5) is 11.4 Å². The number of amides is 2. The van der Waals surface area contributed by atoms with Gasteiger partial charge >= 0.3 is 0 Å². The van der Waals surface area contributed by atoms with Gasteiger partial charge in [-0.25, -0.2) is 0 Å². The normalized spacial score (nSPS) is 10.1. The average Bonchev–Trinajstić information content (AvgIpc) is 3.07. The topological polar surface area (TPSA) is 74.0 Å². The fourth-order valence-corrected chi connectivity index (χ4v) is 2.10. The molecule has 0 unspecified atom stereocenters. The highest BCUT2D eigenvalue weighted by atomic mass is 16.2. The Morgan fingerprint density at radius 3 is 1.39 bits per heavy atom. The third-order valence-corrected chi connectivity index (χ3v) is 3.24. The number of H-pyrrole nitrogens is 1. The summed E-state index contributed by atoms with van der Waals surface area (Å²) in [6.45, 7) is 0. The van der Waals surface area contributed by atoms with Crippen molar-refractivity contribution in [1.82, 2.24) is 4.98 Å². The van der Waals surface area contributed by atoms with Crippen LogP contribution in [0.5, 0.6) is 0 Å². The summed E-state index contributed by atoms with van der Waals surface area (Å²) >= 11 is 0. The minimum atomic E-state index is -0.296. The maximum atomic E-state index is 12.1. The van der Waals surface area contributed by atoms with Crippen molar-refractivity contribution in [2.75, 3.05) is 10.6 Å². The number of carbonyl (C=O) groups is 2. The molecule has 0 spiro atoms. The van der Waals surface area contributed by atoms with Crippen molar-refractivity contribution in [2.24, 2.45) is 0 Å². The molecule has 0 saturated carbocycles. The van der Waals surface area contributed by atoms with Gasteiger partial charge in [0.15, 0.2) is 0 Å². The van der Waals surface area contributed by atoms with Crippen LogP contribution in [0.1, 0.15) is 21.0 Å². The molecule has 0 fully saturated rings. The molecule has 1 heterocycles. The molecule has 114 valence electrons. The molecule has 5 nitrogen and oxygen atoms in total. The van der Waals surface area contributed by atoms with E-state index in [0.29, 0.717) is 22.8 Å². The smallest absolute Gasteiger partial charge is 0.272 e. The van der Waals surface area contributed by atoms with Crippen LogP contribution in [0, 0.1) is 0 Å². The molecule has 3 aromatic rings. The van der Waals surface area contributed by atoms with E-state index < -0.39 is 0 Å². The molecule has 1 aromatic heterocycles. The summed E-state index contributed by atoms with van der Waals surface area (Å²) in [5.74, 6) is -0.593. The first-order valence-corrected chi connectivity index (χ1v) is 7.14. The van der Waals surface area contributed by atoms with Crippen molar-refractivity contribution in [3.8, 4) is 0 Å². The van der Waals surface area contributed by atoms with E-state index >= 15 is 0 Å². The molecule has 0 saturated heterocycles. The predicted octanol–water partition coefficient (Wildman–Crippen LogP) is 3.52. The van der Waals surface area contributed by atoms with Gasteiger partial charge in [-0.2, -0.15) is 0 Å². The van der Waals surface area contributed by atoms with Gasteiger partial charge in [-0.3, -0.25) is 9.59 Å². The number of nitrogens with one attached hydrogen (secondary N) is 3. The standard InChI is InChI=1S/C18H15N3O2/c22-17(19-13-7-3-1-4-8-13)15-11-12-16(21-15)18(23)20-14-9-5-2-6-10-14/h1-12,21H,(H,19,22)(H,20,23). The highest BCUT2D eigenvalue weighted by molar-refractivity contribution is 6.07. The third kappa shape index (κ3) is 3.65. The van der Waals surface area contributed by atoms with E-state index in [1.807, 2.05) is 36.4 Å². The molecular weight excluding hydrogens is 290 g/mol. The van der Waals surface area contributed by atoms with E-state index in [9.17, 15) is 9.59 Å². The highest BCUT2D eigenvalue weighted by Crippen LogP contribution is 2.11. The Hall–Kier alpha value is -3.34. The summed E-state index contributed by atoms with van der Waals surface area (Å²) in [5.41, 5.74) is 2.05. The molecule has 0 aliphatic carbocycles. The third-order valence-electron chi connectivity index (χ3n) is 3.24. The van der Waals surface area contributed by atoms with Crippen molar-refractivity contribution in [3.63, 3.8) is 0 Å². The Balaban J connectivity index is 1.68. The molecule has 0 aliphatic heterocycles. The molecule has 3 N–H and O–H groups in total. The lowest BCUT2D eigenvalue weighted by Crippen LogP contribution is -2.15. The van der Waals surface area contributed by atoms with Gasteiger partial charge in [0.25, 0.3) is 11.8 Å². The summed E-state index contributed by atoms with van der Waals surface area (Å²) in [5, 5.41) is 5.52. The van der Waals surface area contributed by atoms with Gasteiger partial charge in [0, 0.05) is 11.4 Å². The molecule has 0 aliphatic rings. The van der Waals surface area contributed by atoms with Crippen LogP contribution >= 0.6 is 0 Å². The molecule has 0 atom stereocenters. The Morgan fingerprint density at radius 1 is 0.609 bits per heavy atom. The second-order valence-electron chi connectivity index (χ2n) is 4.93. The number of hydrogen-bond acceptors (Lipinski definition) is 2. The van der Waals surface area contributed by atoms with Crippen LogP contribution in [0.3, 0.4) is 0 Å². The average molecular weight is 305 g/mol. The van der Waals surface area contributed by atoms with Crippen molar-refractivity contribution in [3.05, 3.63) is 84.2 Å². The Kier molecular flexibility index (Phi) is 4.20. The molecule has 23 heavy (non-hydrogen) atoms. The quantitative estimate of drug-likeness (QED) is 0.690. The Labute approximate surface area is 133 Å². The van der Waals surface area contributed by atoms with Gasteiger partial charge in [-0.1, -0.05) is 36.4 Å². The van der Waals surface area contributed by atoms with E-state index in [2.05, 4.69) is 15.6 Å². The fourth-order valence-electron chi connectivity index (χ4n) is 2.10. The number of para-hydroxylation sites is 2. The van der Waals surface area contributed by atoms with E-state index in [1.54, 1.807) is 36.4 Å². The number of aromatic nitrogens is 1. The number of aromatic amines is 1. The van der Waals surface area contributed by atoms with Crippen LogP contribution in [0.25, 0.3) is 0 Å². The first-order valence-electron chi connectivity index (χ1n) is 7.14. The van der Waals surface area contributed by atoms with Gasteiger partial charge in [-0.05, 0) is 36.4 Å². The van der Waals surface area contributed by atoms with Gasteiger partial charge in [-0.15, -0.1) is 0 Å². The lowest BCUT2D eigenvalue weighted by Gasteiger charge is -2.04. The first-order chi connectivity index (χ1) is 11.2. The number of rotatable bonds is 4. The zero-order valence-corrected chi connectivity index (χ0v) is 12.2. The number of benzene rings is 2. The fraction of sp³-hybridized carbons (Fsp3) is 0. The van der Waals surface area contributed by atoms with Crippen molar-refractivity contribution >= 4 is 23.2 Å². The maximum Gasteiger partial charge on any atom is 0.272 e. The van der Waals surface area contributed by atoms with Crippen molar-refractivity contribution in [2.45, 2.75) is 0 Å². The van der Waals surface area contributed by atoms with Crippen LogP contribution in [-0.4, -0.2) is 16.8 Å². The monoisotopic (exact) mass is 305 g/mol. The molecule has 0 radical (unpaired) electrons. The lowest BCUT2D eigenvalue weighted by atomic mass is 10.3. The lowest BCUT2D eigenvalue weighted by molar-refractivity contribution is 0.102. The van der Waals surface area contributed by atoms with Gasteiger partial charge in [0.05, 0.1) is 0 Å². The van der Waals surface area contributed by atoms with Gasteiger partial charge in [0.2, 0.25) is 0 Å². The van der Waals surface area contributed by atoms with Crippen molar-refractivity contribution in [1.29, 1.82) is 0 Å². The summed E-state index contributed by atoms with van der Waals surface area (Å²) in [6, 6.07) is 21.4. The van der Waals surface area contributed by atoms with Gasteiger partial charge < -0.3 is 15.6 Å². The Bertz CT molecular complexity index is 743. The van der Waals surface area contributed by atoms with Crippen LogP contribution in [0.2, 0.25) is 0 Å². The van der Waals surface area contributed by atoms with Crippen molar-refractivity contribution < 1.29 is 9.59 Å². The molecular formula is C18H15N3O2. The SMILES string of the molecule is O=C(Nc1ccccc1)c1ccc(C(=O)Nc2ccccc2)[nH]1. The van der Waals surface area contributed by atoms with E-state index in [0.717, 1.165) is 0 Å². The zero-order chi connectivity index (χ0) is 16.1. The summed E-state index contributed by atoms with van der Waals surface area (Å²) in [7, 11) is 0. The molecule has 5 heteroatoms. The molecule has 2 aromatic carbocycles. The van der Waals surface area contributed by atoms with Gasteiger partial charge in [0.1, 0.15) is 11.4 Å². The summed E-state index contributed by atoms with van der Waals surface area (Å²) < 4.78 is 0. The second kappa shape index (κ2) is 6.62. The highest BCUT2D eigenvalue weighted by Gasteiger charge is 2.13. The largest absolute Gasteiger partial charge is 0.347 e. The molecule has 0 bridgehead atoms. The number of carbonyl (C=O) groups excluding carboxylic acids is 2. The minimum absolute atomic E-state index is 0.296. The van der Waals surface area contributed by atoms with E-state index in [-0.39, 0.29) is 11.8 Å². The summed E-state index contributed by atoms with van der Waals surface area (Å²) in [6.07, 6.45) is 0. The van der Waals surface area contributed by atoms with E-state index in [1.165, 1.54) is 0 Å². The number of anilines is 2. The van der Waals surface area contributed by atoms with E-state index in [4.69, 9.17) is 0 Å². The second-order valence-corrected chi connectivity index (χ2v) is 4.93. The van der Waals surface area contributed by atoms with Crippen LogP contribution in [0.15, 0.2) is 72.8 Å². The summed E-state index contributed by atoms with van der Waals surface area (Å²) in [4.78, 5) is 27.1. The first kappa shape index (κ1) is 14.6. The predicted molar refractivity (Wildman–Crippen MR) is 89.6 cm³/mol. The molecule has 2 amide bonds. The number of hydrogen-bond donors (Lipinski definition) is 3. The molecule has 3 rings (SSSR count).